The van der Waals surface area contributed by atoms with Gasteiger partial charge in [0.05, 0.1) is 26.8 Å². The summed E-state index contributed by atoms with van der Waals surface area (Å²) < 4.78 is 6.23. The van der Waals surface area contributed by atoms with Gasteiger partial charge in [-0.25, -0.2) is 9.78 Å². The molecule has 174 valence electrons. The zero-order valence-electron chi connectivity index (χ0n) is 18.8. The molecule has 3 aromatic heterocycles. The molecule has 2 amide bonds. The summed E-state index contributed by atoms with van der Waals surface area (Å²) in [7, 11) is 0. The highest BCUT2D eigenvalue weighted by Gasteiger charge is 2.27. The Hall–Kier alpha value is -3.14. The van der Waals surface area contributed by atoms with Crippen molar-refractivity contribution in [2.24, 2.45) is 0 Å². The van der Waals surface area contributed by atoms with E-state index < -0.39 is 11.7 Å². The molecule has 3 aromatic rings. The lowest BCUT2D eigenvalue weighted by atomic mass is 10.0. The molecule has 1 unspecified atom stereocenters. The average molecular weight is 515 g/mol. The molecule has 0 radical (unpaired) electrons. The van der Waals surface area contributed by atoms with Crippen molar-refractivity contribution < 1.29 is 14.3 Å². The number of halogens is 1. The van der Waals surface area contributed by atoms with Gasteiger partial charge in [-0.15, -0.1) is 0 Å². The number of rotatable bonds is 4. The van der Waals surface area contributed by atoms with E-state index in [2.05, 4.69) is 46.4 Å². The van der Waals surface area contributed by atoms with Crippen LogP contribution in [0.15, 0.2) is 41.4 Å². The Bertz CT molecular complexity index is 1160. The summed E-state index contributed by atoms with van der Waals surface area (Å²) in [5, 5.41) is 6.76. The minimum Gasteiger partial charge on any atom is -0.444 e. The Labute approximate surface area is 200 Å². The number of fused-ring (bicyclic) bond motifs is 1. The summed E-state index contributed by atoms with van der Waals surface area (Å²) >= 11 is 3.64. The fraction of sp³-hybridized carbons (Fsp3) is 0.391. The molecule has 10 heteroatoms. The molecule has 4 rings (SSSR count). The van der Waals surface area contributed by atoms with Crippen molar-refractivity contribution >= 4 is 50.3 Å². The SMILES string of the molecule is CC(C)(C)OC(=O)NC1CCCN(c2c(Br)cnc3[nH]cc(NC(=O)c4cccnc4)c23)C1. The van der Waals surface area contributed by atoms with Gasteiger partial charge in [-0.3, -0.25) is 9.78 Å². The number of hydrogen-bond acceptors (Lipinski definition) is 6. The molecule has 0 aromatic carbocycles. The first-order chi connectivity index (χ1) is 15.7. The van der Waals surface area contributed by atoms with Crippen LogP contribution in [0.1, 0.15) is 44.0 Å². The molecule has 1 fully saturated rings. The van der Waals surface area contributed by atoms with Crippen molar-refractivity contribution in [1.29, 1.82) is 0 Å². The second-order valence-corrected chi connectivity index (χ2v) is 9.86. The van der Waals surface area contributed by atoms with E-state index in [0.29, 0.717) is 23.4 Å². The zero-order chi connectivity index (χ0) is 23.6. The van der Waals surface area contributed by atoms with E-state index in [4.69, 9.17) is 4.74 Å². The highest BCUT2D eigenvalue weighted by atomic mass is 79.9. The smallest absolute Gasteiger partial charge is 0.407 e. The van der Waals surface area contributed by atoms with Crippen LogP contribution in [0.5, 0.6) is 0 Å². The van der Waals surface area contributed by atoms with Crippen LogP contribution in [0.3, 0.4) is 0 Å². The fourth-order valence-electron chi connectivity index (χ4n) is 3.93. The van der Waals surface area contributed by atoms with E-state index in [0.717, 1.165) is 34.9 Å². The zero-order valence-corrected chi connectivity index (χ0v) is 20.4. The third-order valence-electron chi connectivity index (χ3n) is 5.26. The maximum Gasteiger partial charge on any atom is 0.407 e. The first-order valence-corrected chi connectivity index (χ1v) is 11.6. The number of carbonyl (C=O) groups excluding carboxylic acids is 2. The summed E-state index contributed by atoms with van der Waals surface area (Å²) in [4.78, 5) is 38.9. The third-order valence-corrected chi connectivity index (χ3v) is 5.84. The highest BCUT2D eigenvalue weighted by Crippen LogP contribution is 2.39. The molecule has 9 nitrogen and oxygen atoms in total. The predicted molar refractivity (Wildman–Crippen MR) is 131 cm³/mol. The first-order valence-electron chi connectivity index (χ1n) is 10.8. The Morgan fingerprint density at radius 2 is 2.12 bits per heavy atom. The number of pyridine rings is 2. The average Bonchev–Trinajstić information content (AvgIpc) is 3.15. The van der Waals surface area contributed by atoms with Crippen molar-refractivity contribution in [2.45, 2.75) is 45.3 Å². The lowest BCUT2D eigenvalue weighted by molar-refractivity contribution is 0.0500. The molecule has 1 aliphatic heterocycles. The van der Waals surface area contributed by atoms with Crippen LogP contribution in [0.25, 0.3) is 11.0 Å². The molecule has 0 saturated carbocycles. The van der Waals surface area contributed by atoms with Crippen molar-refractivity contribution in [2.75, 3.05) is 23.3 Å². The van der Waals surface area contributed by atoms with Gasteiger partial charge in [-0.1, -0.05) is 0 Å². The maximum atomic E-state index is 12.7. The van der Waals surface area contributed by atoms with E-state index in [1.165, 1.54) is 6.20 Å². The summed E-state index contributed by atoms with van der Waals surface area (Å²) in [5.41, 5.74) is 2.13. The molecule has 4 heterocycles. The van der Waals surface area contributed by atoms with Gasteiger partial charge in [-0.2, -0.15) is 0 Å². The monoisotopic (exact) mass is 514 g/mol. The van der Waals surface area contributed by atoms with Crippen molar-refractivity contribution in [3.63, 3.8) is 0 Å². The van der Waals surface area contributed by atoms with Gasteiger partial charge >= 0.3 is 6.09 Å². The molecule has 1 atom stereocenters. The molecule has 1 aliphatic rings. The number of aromatic amines is 1. The highest BCUT2D eigenvalue weighted by molar-refractivity contribution is 9.10. The number of ether oxygens (including phenoxy) is 1. The Morgan fingerprint density at radius 1 is 1.30 bits per heavy atom. The number of carbonyl (C=O) groups is 2. The number of alkyl carbamates (subject to hydrolysis) is 1. The minimum atomic E-state index is -0.550. The number of H-pyrrole nitrogens is 1. The Morgan fingerprint density at radius 3 is 2.85 bits per heavy atom. The van der Waals surface area contributed by atoms with Crippen molar-refractivity contribution in [3.8, 4) is 0 Å². The molecular weight excluding hydrogens is 488 g/mol. The Kier molecular flexibility index (Phi) is 6.55. The molecule has 3 N–H and O–H groups in total. The van der Waals surface area contributed by atoms with Gasteiger partial charge in [-0.05, 0) is 61.7 Å². The van der Waals surface area contributed by atoms with Crippen LogP contribution in [0.4, 0.5) is 16.2 Å². The number of nitrogens with zero attached hydrogens (tertiary/aromatic N) is 3. The van der Waals surface area contributed by atoms with Gasteiger partial charge in [0.15, 0.2) is 0 Å². The number of hydrogen-bond donors (Lipinski definition) is 3. The largest absolute Gasteiger partial charge is 0.444 e. The van der Waals surface area contributed by atoms with Gasteiger partial charge in [0.2, 0.25) is 0 Å². The van der Waals surface area contributed by atoms with Crippen LogP contribution in [0.2, 0.25) is 0 Å². The van der Waals surface area contributed by atoms with Crippen LogP contribution in [-0.4, -0.2) is 51.7 Å². The molecule has 0 bridgehead atoms. The van der Waals surface area contributed by atoms with E-state index in [-0.39, 0.29) is 11.9 Å². The fourth-order valence-corrected chi connectivity index (χ4v) is 4.48. The number of nitrogens with one attached hydrogen (secondary N) is 3. The number of piperidine rings is 1. The summed E-state index contributed by atoms with van der Waals surface area (Å²) in [6.07, 6.45) is 7.97. The normalized spacial score (nSPS) is 16.5. The summed E-state index contributed by atoms with van der Waals surface area (Å²) in [6.45, 7) is 6.96. The van der Waals surface area contributed by atoms with E-state index in [1.54, 1.807) is 30.7 Å². The molecule has 33 heavy (non-hydrogen) atoms. The number of anilines is 2. The lowest BCUT2D eigenvalue weighted by Gasteiger charge is -2.36. The van der Waals surface area contributed by atoms with E-state index >= 15 is 0 Å². The molecule has 1 saturated heterocycles. The van der Waals surface area contributed by atoms with E-state index in [9.17, 15) is 9.59 Å². The second kappa shape index (κ2) is 9.38. The lowest BCUT2D eigenvalue weighted by Crippen LogP contribution is -2.49. The van der Waals surface area contributed by atoms with Crippen LogP contribution >= 0.6 is 15.9 Å². The van der Waals surface area contributed by atoms with Crippen molar-refractivity contribution in [1.82, 2.24) is 20.3 Å². The topological polar surface area (TPSA) is 112 Å². The number of amides is 2. The van der Waals surface area contributed by atoms with Gasteiger partial charge in [0.25, 0.3) is 5.91 Å². The second-order valence-electron chi connectivity index (χ2n) is 9.01. The van der Waals surface area contributed by atoms with Crippen LogP contribution < -0.4 is 15.5 Å². The third kappa shape index (κ3) is 5.44. The molecular formula is C23H27BrN6O3. The van der Waals surface area contributed by atoms with Crippen LogP contribution in [0, 0.1) is 0 Å². The van der Waals surface area contributed by atoms with Crippen LogP contribution in [-0.2, 0) is 4.74 Å². The Balaban J connectivity index is 1.59. The molecule has 0 aliphatic carbocycles. The standard InChI is InChI=1S/C23H27BrN6O3/c1-23(2,3)33-22(32)28-15-7-5-9-30(13-15)19-16(24)11-26-20-18(19)17(12-27-20)29-21(31)14-6-4-8-25-10-14/h4,6,8,10-12,15H,5,7,9,13H2,1-3H3,(H,26,27)(H,28,32)(H,29,31). The molecule has 0 spiro atoms. The first kappa shape index (κ1) is 23.0. The minimum absolute atomic E-state index is 0.0592. The quantitative estimate of drug-likeness (QED) is 0.473. The maximum absolute atomic E-state index is 12.7. The van der Waals surface area contributed by atoms with Gasteiger partial charge < -0.3 is 25.3 Å². The summed E-state index contributed by atoms with van der Waals surface area (Å²) in [5.74, 6) is -0.252. The van der Waals surface area contributed by atoms with Gasteiger partial charge in [0.1, 0.15) is 11.2 Å². The van der Waals surface area contributed by atoms with Crippen molar-refractivity contribution in [3.05, 3.63) is 47.0 Å². The predicted octanol–water partition coefficient (Wildman–Crippen LogP) is 4.47. The van der Waals surface area contributed by atoms with E-state index in [1.807, 2.05) is 20.8 Å². The van der Waals surface area contributed by atoms with Gasteiger partial charge in [0, 0.05) is 43.9 Å². The summed E-state index contributed by atoms with van der Waals surface area (Å²) in [6, 6.07) is 3.37. The number of aromatic nitrogens is 3.